The Morgan fingerprint density at radius 2 is 1.78 bits per heavy atom. The van der Waals surface area contributed by atoms with E-state index >= 15 is 0 Å². The van der Waals surface area contributed by atoms with E-state index in [1.54, 1.807) is 6.07 Å². The van der Waals surface area contributed by atoms with E-state index in [2.05, 4.69) is 5.10 Å². The van der Waals surface area contributed by atoms with Crippen LogP contribution >= 0.6 is 0 Å². The summed E-state index contributed by atoms with van der Waals surface area (Å²) in [6, 6.07) is 6.54. The number of halogens is 2. The molecule has 0 aliphatic carbocycles. The van der Waals surface area contributed by atoms with Crippen molar-refractivity contribution in [1.29, 1.82) is 0 Å². The summed E-state index contributed by atoms with van der Waals surface area (Å²) in [6.45, 7) is 1.02. The fraction of sp³-hybridized carbons (Fsp3) is 0.278. The number of hydrogen-bond acceptors (Lipinski definition) is 4. The van der Waals surface area contributed by atoms with Crippen molar-refractivity contribution in [3.63, 3.8) is 0 Å². The zero-order valence-corrected chi connectivity index (χ0v) is 15.1. The quantitative estimate of drug-likeness (QED) is 0.742. The average Bonchev–Trinajstić information content (AvgIpc) is 3.09. The number of piperidine rings is 1. The summed E-state index contributed by atoms with van der Waals surface area (Å²) in [6.07, 6.45) is 4.17. The first-order chi connectivity index (χ1) is 12.9. The molecule has 0 bridgehead atoms. The van der Waals surface area contributed by atoms with Crippen molar-refractivity contribution in [3.8, 4) is 11.4 Å². The molecular formula is C18H17F2N3O3S. The van der Waals surface area contributed by atoms with Gasteiger partial charge in [-0.1, -0.05) is 6.42 Å². The molecule has 1 aliphatic rings. The lowest BCUT2D eigenvalue weighted by Crippen LogP contribution is -2.35. The smallest absolute Gasteiger partial charge is 0.243 e. The van der Waals surface area contributed by atoms with Crippen LogP contribution in [0.25, 0.3) is 16.6 Å². The highest BCUT2D eigenvalue weighted by Crippen LogP contribution is 2.28. The molecule has 2 aromatic carbocycles. The number of aromatic hydroxyl groups is 1. The molecule has 1 fully saturated rings. The highest BCUT2D eigenvalue weighted by Gasteiger charge is 2.26. The summed E-state index contributed by atoms with van der Waals surface area (Å²) >= 11 is 0. The summed E-state index contributed by atoms with van der Waals surface area (Å²) in [5.74, 6) is -3.35. The van der Waals surface area contributed by atoms with E-state index in [1.807, 2.05) is 0 Å². The second kappa shape index (κ2) is 6.58. The van der Waals surface area contributed by atoms with Gasteiger partial charge < -0.3 is 5.11 Å². The van der Waals surface area contributed by atoms with E-state index in [4.69, 9.17) is 0 Å². The Balaban J connectivity index is 1.76. The highest BCUT2D eigenvalue weighted by atomic mass is 32.2. The van der Waals surface area contributed by atoms with Gasteiger partial charge in [-0.3, -0.25) is 0 Å². The van der Waals surface area contributed by atoms with E-state index in [0.29, 0.717) is 24.0 Å². The van der Waals surface area contributed by atoms with Crippen LogP contribution in [0.3, 0.4) is 0 Å². The summed E-state index contributed by atoms with van der Waals surface area (Å²) in [5.41, 5.74) is 0.644. The van der Waals surface area contributed by atoms with E-state index < -0.39 is 27.4 Å². The second-order valence-corrected chi connectivity index (χ2v) is 8.44. The SMILES string of the molecule is O=S(=O)(c1ccc2c(cnn2-c2cc(O)c(F)c(F)c2)c1)N1CCCCC1. The van der Waals surface area contributed by atoms with Crippen LogP contribution < -0.4 is 0 Å². The van der Waals surface area contributed by atoms with Crippen molar-refractivity contribution in [2.45, 2.75) is 24.2 Å². The first kappa shape index (κ1) is 17.9. The van der Waals surface area contributed by atoms with Gasteiger partial charge in [0.25, 0.3) is 0 Å². The molecule has 1 N–H and O–H groups in total. The lowest BCUT2D eigenvalue weighted by Gasteiger charge is -2.25. The number of sulfonamides is 1. The normalized spacial score (nSPS) is 16.1. The van der Waals surface area contributed by atoms with Gasteiger partial charge in [0.1, 0.15) is 0 Å². The van der Waals surface area contributed by atoms with Gasteiger partial charge in [0.15, 0.2) is 17.4 Å². The predicted molar refractivity (Wildman–Crippen MR) is 95.3 cm³/mol. The minimum atomic E-state index is -3.58. The Kier molecular flexibility index (Phi) is 4.35. The second-order valence-electron chi connectivity index (χ2n) is 6.50. The molecule has 9 heteroatoms. The van der Waals surface area contributed by atoms with Gasteiger partial charge in [-0.05, 0) is 31.0 Å². The van der Waals surface area contributed by atoms with Crippen molar-refractivity contribution in [3.05, 3.63) is 48.2 Å². The standard InChI is InChI=1S/C18H17F2N3O3S/c19-15-9-13(10-17(24)18(15)20)23-16-5-4-14(8-12(16)11-21-23)27(25,26)22-6-2-1-3-7-22/h4-5,8-11,24H,1-3,6-7H2. The summed E-state index contributed by atoms with van der Waals surface area (Å²) < 4.78 is 55.3. The van der Waals surface area contributed by atoms with Gasteiger partial charge in [0, 0.05) is 30.6 Å². The van der Waals surface area contributed by atoms with Crippen LogP contribution in [-0.4, -0.2) is 40.7 Å². The van der Waals surface area contributed by atoms with Gasteiger partial charge in [0.2, 0.25) is 10.0 Å². The van der Waals surface area contributed by atoms with Crippen molar-refractivity contribution >= 4 is 20.9 Å². The Bertz CT molecular complexity index is 1100. The fourth-order valence-corrected chi connectivity index (χ4v) is 4.87. The number of phenolic OH excluding ortho intramolecular Hbond substituents is 1. The molecule has 4 rings (SSSR count). The zero-order chi connectivity index (χ0) is 19.2. The van der Waals surface area contributed by atoms with E-state index in [-0.39, 0.29) is 10.6 Å². The lowest BCUT2D eigenvalue weighted by molar-refractivity contribution is 0.346. The third-order valence-corrected chi connectivity index (χ3v) is 6.63. The van der Waals surface area contributed by atoms with E-state index in [0.717, 1.165) is 31.4 Å². The first-order valence-corrected chi connectivity index (χ1v) is 9.98. The largest absolute Gasteiger partial charge is 0.505 e. The number of phenols is 1. The van der Waals surface area contributed by atoms with Crippen LogP contribution in [0.2, 0.25) is 0 Å². The van der Waals surface area contributed by atoms with Gasteiger partial charge in [0.05, 0.1) is 22.3 Å². The summed E-state index contributed by atoms with van der Waals surface area (Å²) in [7, 11) is -3.58. The number of benzene rings is 2. The molecule has 0 unspecified atom stereocenters. The number of rotatable bonds is 3. The van der Waals surface area contributed by atoms with Crippen LogP contribution in [0.5, 0.6) is 5.75 Å². The molecule has 0 amide bonds. The molecule has 6 nitrogen and oxygen atoms in total. The minimum absolute atomic E-state index is 0.132. The molecule has 142 valence electrons. The van der Waals surface area contributed by atoms with Crippen LogP contribution in [0, 0.1) is 11.6 Å². The fourth-order valence-electron chi connectivity index (χ4n) is 3.31. The maximum Gasteiger partial charge on any atom is 0.243 e. The van der Waals surface area contributed by atoms with Crippen molar-refractivity contribution in [2.24, 2.45) is 0 Å². The maximum atomic E-state index is 13.6. The molecule has 0 atom stereocenters. The van der Waals surface area contributed by atoms with Crippen molar-refractivity contribution in [2.75, 3.05) is 13.1 Å². The molecule has 2 heterocycles. The number of fused-ring (bicyclic) bond motifs is 1. The Hall–Kier alpha value is -2.52. The lowest BCUT2D eigenvalue weighted by atomic mass is 10.2. The van der Waals surface area contributed by atoms with Gasteiger partial charge in [-0.15, -0.1) is 0 Å². The van der Waals surface area contributed by atoms with Crippen molar-refractivity contribution < 1.29 is 22.3 Å². The third kappa shape index (κ3) is 3.06. The topological polar surface area (TPSA) is 75.4 Å². The average molecular weight is 393 g/mol. The van der Waals surface area contributed by atoms with Gasteiger partial charge >= 0.3 is 0 Å². The van der Waals surface area contributed by atoms with Gasteiger partial charge in [-0.25, -0.2) is 17.5 Å². The number of aromatic nitrogens is 2. The van der Waals surface area contributed by atoms with Crippen molar-refractivity contribution in [1.82, 2.24) is 14.1 Å². The summed E-state index contributed by atoms with van der Waals surface area (Å²) in [5, 5.41) is 14.2. The number of nitrogens with zero attached hydrogens (tertiary/aromatic N) is 3. The van der Waals surface area contributed by atoms with E-state index in [1.165, 1.54) is 27.3 Å². The summed E-state index contributed by atoms with van der Waals surface area (Å²) in [4.78, 5) is 0.171. The molecular weight excluding hydrogens is 376 g/mol. The molecule has 3 aromatic rings. The monoisotopic (exact) mass is 393 g/mol. The van der Waals surface area contributed by atoms with Crippen LogP contribution in [0.4, 0.5) is 8.78 Å². The van der Waals surface area contributed by atoms with E-state index in [9.17, 15) is 22.3 Å². The van der Waals surface area contributed by atoms with Crippen LogP contribution in [0.15, 0.2) is 41.4 Å². The minimum Gasteiger partial charge on any atom is -0.505 e. The van der Waals surface area contributed by atoms with Crippen LogP contribution in [0.1, 0.15) is 19.3 Å². The molecule has 1 aliphatic heterocycles. The van der Waals surface area contributed by atoms with Gasteiger partial charge in [-0.2, -0.15) is 13.8 Å². The molecule has 0 spiro atoms. The number of hydrogen-bond donors (Lipinski definition) is 1. The Morgan fingerprint density at radius 3 is 2.48 bits per heavy atom. The molecule has 1 aromatic heterocycles. The molecule has 0 radical (unpaired) electrons. The third-order valence-electron chi connectivity index (χ3n) is 4.73. The highest BCUT2D eigenvalue weighted by molar-refractivity contribution is 7.89. The Labute approximate surface area is 154 Å². The first-order valence-electron chi connectivity index (χ1n) is 8.54. The maximum absolute atomic E-state index is 13.6. The molecule has 1 saturated heterocycles. The molecule has 27 heavy (non-hydrogen) atoms. The molecule has 0 saturated carbocycles. The van der Waals surface area contributed by atoms with Crippen LogP contribution in [-0.2, 0) is 10.0 Å². The zero-order valence-electron chi connectivity index (χ0n) is 14.3. The predicted octanol–water partition coefficient (Wildman–Crippen LogP) is 3.18. The Morgan fingerprint density at radius 1 is 1.04 bits per heavy atom.